The third kappa shape index (κ3) is 4.99. The summed E-state index contributed by atoms with van der Waals surface area (Å²) < 4.78 is 23.4. The van der Waals surface area contributed by atoms with E-state index in [1.807, 2.05) is 36.4 Å². The fourth-order valence-corrected chi connectivity index (χ4v) is 6.32. The predicted molar refractivity (Wildman–Crippen MR) is 166 cm³/mol. The summed E-state index contributed by atoms with van der Waals surface area (Å²) in [6.07, 6.45) is 0. The summed E-state index contributed by atoms with van der Waals surface area (Å²) in [6, 6.07) is 26.3. The van der Waals surface area contributed by atoms with Crippen LogP contribution in [0.25, 0.3) is 16.0 Å². The molecule has 1 fully saturated rings. The smallest absolute Gasteiger partial charge is 0.301 e. The number of aliphatic hydroxyl groups excluding tert-OH is 1. The highest BCUT2D eigenvalue weighted by Crippen LogP contribution is 2.45. The number of aromatic nitrogens is 1. The number of carbonyl (C=O) groups excluding carboxylic acids is 2. The minimum absolute atomic E-state index is 0.0542. The van der Waals surface area contributed by atoms with Crippen LogP contribution >= 0.6 is 11.3 Å². The number of anilines is 1. The maximum Gasteiger partial charge on any atom is 0.301 e. The fraction of sp³-hybridized carbons (Fsp3) is 0.147. The number of ether oxygens (including phenoxy) is 4. The Bertz CT molecular complexity index is 1920. The lowest BCUT2D eigenvalue weighted by atomic mass is 9.95. The number of hydrogen-bond donors (Lipinski definition) is 1. The molecule has 0 saturated carbocycles. The van der Waals surface area contributed by atoms with Crippen LogP contribution in [0.4, 0.5) is 5.13 Å². The Morgan fingerprint density at radius 3 is 2.45 bits per heavy atom. The molecule has 1 N–H and O–H groups in total. The molecule has 4 aromatic carbocycles. The van der Waals surface area contributed by atoms with Gasteiger partial charge in [-0.15, -0.1) is 0 Å². The molecule has 0 spiro atoms. The Morgan fingerprint density at radius 2 is 1.68 bits per heavy atom. The minimum Gasteiger partial charge on any atom is -0.507 e. The number of aliphatic hydroxyl groups is 1. The summed E-state index contributed by atoms with van der Waals surface area (Å²) in [6.45, 7) is 1.17. The summed E-state index contributed by atoms with van der Waals surface area (Å²) in [5, 5.41) is 11.9. The summed E-state index contributed by atoms with van der Waals surface area (Å²) in [4.78, 5) is 33.4. The Morgan fingerprint density at radius 1 is 0.932 bits per heavy atom. The standard InChI is InChI=1S/C34H26N2O7S/c1-40-24-12-13-25-28(18-24)44-34(35-25)36-30(21-7-10-23(11-8-21)43-19-20-5-3-2-4-6-20)29(32(38)33(36)39)31(37)22-9-14-26-27(17-22)42-16-15-41-26/h2-14,17-18,30,37H,15-16,19H2,1H3/b31-29+. The van der Waals surface area contributed by atoms with Gasteiger partial charge in [-0.05, 0) is 59.7 Å². The maximum absolute atomic E-state index is 13.7. The average molecular weight is 607 g/mol. The topological polar surface area (TPSA) is 107 Å². The molecule has 3 heterocycles. The van der Waals surface area contributed by atoms with Crippen molar-refractivity contribution in [3.63, 3.8) is 0 Å². The van der Waals surface area contributed by atoms with E-state index >= 15 is 0 Å². The zero-order valence-corrected chi connectivity index (χ0v) is 24.4. The molecule has 1 unspecified atom stereocenters. The molecule has 2 aliphatic rings. The largest absolute Gasteiger partial charge is 0.507 e. The van der Waals surface area contributed by atoms with Gasteiger partial charge < -0.3 is 24.1 Å². The van der Waals surface area contributed by atoms with Crippen molar-refractivity contribution >= 4 is 44.1 Å². The van der Waals surface area contributed by atoms with Crippen LogP contribution in [0, 0.1) is 0 Å². The highest BCUT2D eigenvalue weighted by atomic mass is 32.1. The zero-order valence-electron chi connectivity index (χ0n) is 23.6. The highest BCUT2D eigenvalue weighted by molar-refractivity contribution is 7.22. The summed E-state index contributed by atoms with van der Waals surface area (Å²) in [5.74, 6) is 0.338. The molecule has 0 bridgehead atoms. The Labute approximate surface area is 256 Å². The van der Waals surface area contributed by atoms with E-state index in [0.717, 1.165) is 10.3 Å². The van der Waals surface area contributed by atoms with Crippen LogP contribution in [-0.2, 0) is 16.2 Å². The lowest BCUT2D eigenvalue weighted by molar-refractivity contribution is -0.132. The molecule has 5 aromatic rings. The number of carbonyl (C=O) groups is 2. The number of hydrogen-bond acceptors (Lipinski definition) is 9. The molecule has 1 saturated heterocycles. The first-order valence-electron chi connectivity index (χ1n) is 13.9. The Balaban J connectivity index is 1.31. The maximum atomic E-state index is 13.7. The van der Waals surface area contributed by atoms with Gasteiger partial charge in [0.05, 0.1) is 28.9 Å². The van der Waals surface area contributed by atoms with Gasteiger partial charge in [0.2, 0.25) is 0 Å². The van der Waals surface area contributed by atoms with Crippen LogP contribution in [0.5, 0.6) is 23.0 Å². The Kier molecular flexibility index (Phi) is 7.11. The number of nitrogens with zero attached hydrogens (tertiary/aromatic N) is 2. The highest BCUT2D eigenvalue weighted by Gasteiger charge is 2.48. The van der Waals surface area contributed by atoms with E-state index in [1.54, 1.807) is 61.7 Å². The quantitative estimate of drug-likeness (QED) is 0.131. The molecular formula is C34H26N2O7S. The molecule has 0 radical (unpaired) electrons. The molecular weight excluding hydrogens is 580 g/mol. The second-order valence-corrected chi connectivity index (χ2v) is 11.2. The van der Waals surface area contributed by atoms with E-state index in [1.165, 1.54) is 16.2 Å². The number of amides is 1. The third-order valence-electron chi connectivity index (χ3n) is 7.49. The number of ketones is 1. The van der Waals surface area contributed by atoms with E-state index < -0.39 is 17.7 Å². The first-order chi connectivity index (χ1) is 21.5. The van der Waals surface area contributed by atoms with Gasteiger partial charge in [-0.3, -0.25) is 14.5 Å². The van der Waals surface area contributed by atoms with Crippen LogP contribution in [-0.4, -0.2) is 42.1 Å². The van der Waals surface area contributed by atoms with Gasteiger partial charge in [0.1, 0.15) is 37.1 Å². The number of fused-ring (bicyclic) bond motifs is 2. The van der Waals surface area contributed by atoms with E-state index in [9.17, 15) is 14.7 Å². The van der Waals surface area contributed by atoms with Crippen LogP contribution in [0.2, 0.25) is 0 Å². The van der Waals surface area contributed by atoms with Crippen LogP contribution in [0.1, 0.15) is 22.7 Å². The number of rotatable bonds is 7. The van der Waals surface area contributed by atoms with Crippen LogP contribution < -0.4 is 23.8 Å². The van der Waals surface area contributed by atoms with Crippen molar-refractivity contribution in [3.05, 3.63) is 113 Å². The lowest BCUT2D eigenvalue weighted by Crippen LogP contribution is -2.29. The van der Waals surface area contributed by atoms with E-state index in [0.29, 0.717) is 64.6 Å². The molecule has 9 nitrogen and oxygen atoms in total. The zero-order chi connectivity index (χ0) is 30.2. The van der Waals surface area contributed by atoms with Crippen LogP contribution in [0.3, 0.4) is 0 Å². The molecule has 10 heteroatoms. The van der Waals surface area contributed by atoms with Crippen molar-refractivity contribution in [1.29, 1.82) is 0 Å². The van der Waals surface area contributed by atoms with Gasteiger partial charge in [-0.2, -0.15) is 0 Å². The van der Waals surface area contributed by atoms with Crippen molar-refractivity contribution in [2.24, 2.45) is 0 Å². The van der Waals surface area contributed by atoms with Crippen molar-refractivity contribution in [3.8, 4) is 23.0 Å². The average Bonchev–Trinajstić information content (AvgIpc) is 3.61. The van der Waals surface area contributed by atoms with Gasteiger partial charge in [0.25, 0.3) is 5.78 Å². The fourth-order valence-electron chi connectivity index (χ4n) is 5.30. The van der Waals surface area contributed by atoms with Gasteiger partial charge in [-0.25, -0.2) is 4.98 Å². The van der Waals surface area contributed by atoms with Crippen molar-refractivity contribution < 1.29 is 33.6 Å². The molecule has 220 valence electrons. The minimum atomic E-state index is -0.950. The molecule has 2 aliphatic heterocycles. The molecule has 1 aromatic heterocycles. The lowest BCUT2D eigenvalue weighted by Gasteiger charge is -2.23. The Hall–Kier alpha value is -5.35. The second kappa shape index (κ2) is 11.4. The van der Waals surface area contributed by atoms with E-state index in [-0.39, 0.29) is 11.3 Å². The summed E-state index contributed by atoms with van der Waals surface area (Å²) in [7, 11) is 1.58. The second-order valence-electron chi connectivity index (χ2n) is 10.2. The molecule has 1 atom stereocenters. The summed E-state index contributed by atoms with van der Waals surface area (Å²) in [5.41, 5.74) is 2.56. The van der Waals surface area contributed by atoms with Gasteiger partial charge >= 0.3 is 5.91 Å². The first kappa shape index (κ1) is 27.5. The predicted octanol–water partition coefficient (Wildman–Crippen LogP) is 6.28. The molecule has 0 aliphatic carbocycles. The van der Waals surface area contributed by atoms with E-state index in [2.05, 4.69) is 4.98 Å². The molecule has 7 rings (SSSR count). The third-order valence-corrected chi connectivity index (χ3v) is 8.51. The molecule has 1 amide bonds. The van der Waals surface area contributed by atoms with Gasteiger partial charge in [0, 0.05) is 5.56 Å². The van der Waals surface area contributed by atoms with Gasteiger partial charge in [-0.1, -0.05) is 53.8 Å². The number of Topliss-reactive ketones (excluding diaryl/α,β-unsaturated/α-hetero) is 1. The van der Waals surface area contributed by atoms with Crippen molar-refractivity contribution in [2.45, 2.75) is 12.6 Å². The van der Waals surface area contributed by atoms with Crippen molar-refractivity contribution in [1.82, 2.24) is 4.98 Å². The number of benzene rings is 4. The van der Waals surface area contributed by atoms with Crippen LogP contribution in [0.15, 0.2) is 96.6 Å². The number of thiazole rings is 1. The first-order valence-corrected chi connectivity index (χ1v) is 14.7. The van der Waals surface area contributed by atoms with E-state index in [4.69, 9.17) is 18.9 Å². The van der Waals surface area contributed by atoms with Crippen molar-refractivity contribution in [2.75, 3.05) is 25.2 Å². The monoisotopic (exact) mass is 606 g/mol. The van der Waals surface area contributed by atoms with Gasteiger partial charge in [0.15, 0.2) is 16.6 Å². The number of methoxy groups -OCH3 is 1. The normalized spacial score (nSPS) is 17.2. The molecule has 44 heavy (non-hydrogen) atoms. The SMILES string of the molecule is COc1ccc2nc(N3C(=O)C(=O)/C(=C(/O)c4ccc5c(c4)OCCO5)C3c3ccc(OCc4ccccc4)cc3)sc2c1. The summed E-state index contributed by atoms with van der Waals surface area (Å²) >= 11 is 1.26.